The number of amides is 1. The number of benzene rings is 2. The highest BCUT2D eigenvalue weighted by atomic mass is 32.2. The van der Waals surface area contributed by atoms with E-state index in [0.29, 0.717) is 22.7 Å². The minimum absolute atomic E-state index is 0.109. The number of halogens is 1. The van der Waals surface area contributed by atoms with Crippen LogP contribution in [0.15, 0.2) is 53.4 Å². The summed E-state index contributed by atoms with van der Waals surface area (Å²) in [5, 5.41) is 3.59. The van der Waals surface area contributed by atoms with Gasteiger partial charge in [0.25, 0.3) is 5.91 Å². The largest absolute Gasteiger partial charge is 0.347 e. The van der Waals surface area contributed by atoms with Gasteiger partial charge in [-0.2, -0.15) is 0 Å². The number of nitrogens with one attached hydrogen (secondary N) is 1. The van der Waals surface area contributed by atoms with Crippen LogP contribution in [0.1, 0.15) is 27.9 Å². The third kappa shape index (κ3) is 4.14. The summed E-state index contributed by atoms with van der Waals surface area (Å²) in [4.78, 5) is 18.9. The van der Waals surface area contributed by atoms with Crippen molar-refractivity contribution in [3.63, 3.8) is 0 Å². The summed E-state index contributed by atoms with van der Waals surface area (Å²) in [6.45, 7) is 4.31. The molecule has 0 unspecified atom stereocenters. The predicted molar refractivity (Wildman–Crippen MR) is 106 cm³/mol. The highest BCUT2D eigenvalue weighted by molar-refractivity contribution is 7.99. The molecule has 1 aromatic heterocycles. The van der Waals surface area contributed by atoms with Crippen molar-refractivity contribution in [2.75, 3.05) is 5.75 Å². The zero-order chi connectivity index (χ0) is 18.5. The number of thiazole rings is 1. The Labute approximate surface area is 160 Å². The summed E-state index contributed by atoms with van der Waals surface area (Å²) in [6, 6.07) is 14.2. The number of aryl methyl sites for hydroxylation is 1. The van der Waals surface area contributed by atoms with Crippen LogP contribution in [0.3, 0.4) is 0 Å². The third-order valence-corrected chi connectivity index (χ3v) is 5.98. The molecule has 0 aliphatic rings. The zero-order valence-electron chi connectivity index (χ0n) is 14.6. The van der Waals surface area contributed by atoms with Crippen LogP contribution in [0.4, 0.5) is 4.39 Å². The molecule has 1 N–H and O–H groups in total. The Morgan fingerprint density at radius 1 is 1.19 bits per heavy atom. The second kappa shape index (κ2) is 8.47. The van der Waals surface area contributed by atoms with Gasteiger partial charge in [0.15, 0.2) is 0 Å². The first kappa shape index (κ1) is 18.6. The zero-order valence-corrected chi connectivity index (χ0v) is 16.2. The number of hydrogen-bond donors (Lipinski definition) is 1. The smallest absolute Gasteiger partial charge is 0.252 e. The van der Waals surface area contributed by atoms with Gasteiger partial charge in [0, 0.05) is 15.3 Å². The van der Waals surface area contributed by atoms with Crippen molar-refractivity contribution >= 4 is 29.0 Å². The Bertz CT molecular complexity index is 924. The van der Waals surface area contributed by atoms with E-state index in [4.69, 9.17) is 0 Å². The number of hydrogen-bond acceptors (Lipinski definition) is 4. The van der Waals surface area contributed by atoms with Crippen molar-refractivity contribution in [3.05, 3.63) is 70.5 Å². The highest BCUT2D eigenvalue weighted by Gasteiger charge is 2.15. The van der Waals surface area contributed by atoms with Gasteiger partial charge >= 0.3 is 0 Å². The molecule has 134 valence electrons. The predicted octanol–water partition coefficient (Wildman–Crippen LogP) is 5.30. The molecule has 3 aromatic rings. The van der Waals surface area contributed by atoms with E-state index < -0.39 is 0 Å². The van der Waals surface area contributed by atoms with Crippen molar-refractivity contribution in [2.45, 2.75) is 25.3 Å². The normalized spacial score (nSPS) is 10.7. The minimum atomic E-state index is -0.289. The molecule has 1 amide bonds. The van der Waals surface area contributed by atoms with Gasteiger partial charge < -0.3 is 5.32 Å². The quantitative estimate of drug-likeness (QED) is 0.585. The standard InChI is InChI=1S/C20H19FN2OS2/c1-3-25-17-11-7-5-9-15(17)19(24)22-12-18-13(2)23-20(26-18)14-8-4-6-10-16(14)21/h4-11H,3,12H2,1-2H3,(H,22,24). The van der Waals surface area contributed by atoms with Crippen molar-refractivity contribution in [3.8, 4) is 10.6 Å². The van der Waals surface area contributed by atoms with E-state index in [-0.39, 0.29) is 11.7 Å². The Balaban J connectivity index is 1.75. The van der Waals surface area contributed by atoms with Crippen molar-refractivity contribution in [1.82, 2.24) is 10.3 Å². The van der Waals surface area contributed by atoms with E-state index in [1.165, 1.54) is 17.4 Å². The Hall–Kier alpha value is -2.18. The van der Waals surface area contributed by atoms with Crippen LogP contribution in [-0.4, -0.2) is 16.6 Å². The molecular weight excluding hydrogens is 367 g/mol. The van der Waals surface area contributed by atoms with Crippen molar-refractivity contribution < 1.29 is 9.18 Å². The summed E-state index contributed by atoms with van der Waals surface area (Å²) >= 11 is 3.05. The van der Waals surface area contributed by atoms with Crippen LogP contribution < -0.4 is 5.32 Å². The fourth-order valence-electron chi connectivity index (χ4n) is 2.53. The van der Waals surface area contributed by atoms with Gasteiger partial charge in [0.1, 0.15) is 10.8 Å². The van der Waals surface area contributed by atoms with Crippen LogP contribution in [0.25, 0.3) is 10.6 Å². The molecule has 0 saturated heterocycles. The summed E-state index contributed by atoms with van der Waals surface area (Å²) in [6.07, 6.45) is 0. The van der Waals surface area contributed by atoms with E-state index in [9.17, 15) is 9.18 Å². The Morgan fingerprint density at radius 2 is 1.92 bits per heavy atom. The average molecular weight is 387 g/mol. The van der Waals surface area contributed by atoms with E-state index in [0.717, 1.165) is 21.2 Å². The van der Waals surface area contributed by atoms with Crippen LogP contribution in [-0.2, 0) is 6.54 Å². The molecule has 0 spiro atoms. The topological polar surface area (TPSA) is 42.0 Å². The molecule has 0 aliphatic carbocycles. The maximum Gasteiger partial charge on any atom is 0.252 e. The van der Waals surface area contributed by atoms with Crippen molar-refractivity contribution in [2.24, 2.45) is 0 Å². The van der Waals surface area contributed by atoms with Gasteiger partial charge in [-0.3, -0.25) is 4.79 Å². The minimum Gasteiger partial charge on any atom is -0.347 e. The van der Waals surface area contributed by atoms with E-state index >= 15 is 0 Å². The lowest BCUT2D eigenvalue weighted by molar-refractivity contribution is 0.0948. The van der Waals surface area contributed by atoms with Gasteiger partial charge in [-0.1, -0.05) is 31.2 Å². The number of rotatable bonds is 6. The van der Waals surface area contributed by atoms with Crippen LogP contribution in [0, 0.1) is 12.7 Å². The number of carbonyl (C=O) groups excluding carboxylic acids is 1. The second-order valence-electron chi connectivity index (χ2n) is 5.62. The molecule has 0 atom stereocenters. The summed E-state index contributed by atoms with van der Waals surface area (Å²) in [7, 11) is 0. The first-order valence-corrected chi connectivity index (χ1v) is 10.1. The average Bonchev–Trinajstić information content (AvgIpc) is 3.01. The third-order valence-electron chi connectivity index (χ3n) is 3.84. The molecule has 2 aromatic carbocycles. The molecule has 0 saturated carbocycles. The second-order valence-corrected chi connectivity index (χ2v) is 8.01. The lowest BCUT2D eigenvalue weighted by Crippen LogP contribution is -2.23. The molecule has 0 aliphatic heterocycles. The number of carbonyl (C=O) groups is 1. The van der Waals surface area contributed by atoms with Crippen LogP contribution in [0.2, 0.25) is 0 Å². The summed E-state index contributed by atoms with van der Waals surface area (Å²) < 4.78 is 14.0. The fraction of sp³-hybridized carbons (Fsp3) is 0.200. The molecule has 1 heterocycles. The number of aromatic nitrogens is 1. The lowest BCUT2D eigenvalue weighted by Gasteiger charge is -2.08. The molecular formula is C20H19FN2OS2. The molecule has 6 heteroatoms. The van der Waals surface area contributed by atoms with Gasteiger partial charge in [0.2, 0.25) is 0 Å². The summed E-state index contributed by atoms with van der Waals surface area (Å²) in [5.41, 5.74) is 1.98. The molecule has 0 fully saturated rings. The van der Waals surface area contributed by atoms with Gasteiger partial charge in [-0.15, -0.1) is 23.1 Å². The highest BCUT2D eigenvalue weighted by Crippen LogP contribution is 2.30. The first-order chi connectivity index (χ1) is 12.6. The molecule has 0 radical (unpaired) electrons. The van der Waals surface area contributed by atoms with E-state index in [1.54, 1.807) is 30.0 Å². The van der Waals surface area contributed by atoms with Gasteiger partial charge in [-0.25, -0.2) is 9.37 Å². The SMILES string of the molecule is CCSc1ccccc1C(=O)NCc1sc(-c2ccccc2F)nc1C. The Kier molecular flexibility index (Phi) is 6.06. The van der Waals surface area contributed by atoms with Crippen LogP contribution >= 0.6 is 23.1 Å². The van der Waals surface area contributed by atoms with Gasteiger partial charge in [0.05, 0.1) is 17.8 Å². The monoisotopic (exact) mass is 386 g/mol. The van der Waals surface area contributed by atoms with Gasteiger partial charge in [-0.05, 0) is 36.9 Å². The van der Waals surface area contributed by atoms with Crippen molar-refractivity contribution in [1.29, 1.82) is 0 Å². The number of nitrogens with zero attached hydrogens (tertiary/aromatic N) is 1. The molecule has 0 bridgehead atoms. The Morgan fingerprint density at radius 3 is 2.69 bits per heavy atom. The van der Waals surface area contributed by atoms with Crippen LogP contribution in [0.5, 0.6) is 0 Å². The maximum atomic E-state index is 14.0. The van der Waals surface area contributed by atoms with E-state index in [2.05, 4.69) is 17.2 Å². The lowest BCUT2D eigenvalue weighted by atomic mass is 10.2. The molecule has 3 nitrogen and oxygen atoms in total. The first-order valence-electron chi connectivity index (χ1n) is 8.31. The fourth-order valence-corrected chi connectivity index (χ4v) is 4.36. The molecule has 3 rings (SSSR count). The molecule has 26 heavy (non-hydrogen) atoms. The summed E-state index contributed by atoms with van der Waals surface area (Å²) in [5.74, 6) is 0.508. The van der Waals surface area contributed by atoms with E-state index in [1.807, 2.05) is 31.2 Å². The number of thioether (sulfide) groups is 1. The maximum absolute atomic E-state index is 14.0.